The first-order valence-corrected chi connectivity index (χ1v) is 11.5. The standard InChI is InChI=1S/C24H34N2O6/c1-3-31-23(30)19(11-10-18-8-5-4-6-9-18)25-17(2)21(27)26-16-24(13-7-15-32-24)14-12-20(26)22(28)29/h4-6,8-9,17,19-20,25H,3,7,10-16H2,1-2H3,(H,28,29)/t17-,19?,20-,24?/m0/s1. The molecule has 3 rings (SSSR count). The van der Waals surface area contributed by atoms with Crippen LogP contribution in [-0.2, 0) is 30.3 Å². The lowest BCUT2D eigenvalue weighted by molar-refractivity contribution is -0.161. The van der Waals surface area contributed by atoms with E-state index in [-0.39, 0.29) is 19.1 Å². The number of esters is 1. The molecule has 1 amide bonds. The number of carbonyl (C=O) groups excluding carboxylic acids is 2. The molecule has 0 bridgehead atoms. The molecule has 176 valence electrons. The molecule has 8 heteroatoms. The number of benzene rings is 1. The molecule has 2 unspecified atom stereocenters. The zero-order valence-corrected chi connectivity index (χ0v) is 18.9. The Bertz CT molecular complexity index is 793. The van der Waals surface area contributed by atoms with Gasteiger partial charge in [0.2, 0.25) is 5.91 Å². The fourth-order valence-electron chi connectivity index (χ4n) is 4.71. The summed E-state index contributed by atoms with van der Waals surface area (Å²) >= 11 is 0. The second-order valence-corrected chi connectivity index (χ2v) is 8.71. The van der Waals surface area contributed by atoms with Gasteiger partial charge in [0.15, 0.2) is 0 Å². The van der Waals surface area contributed by atoms with Crippen molar-refractivity contribution in [1.82, 2.24) is 10.2 Å². The maximum atomic E-state index is 13.3. The van der Waals surface area contributed by atoms with Crippen molar-refractivity contribution < 1.29 is 29.0 Å². The molecule has 0 saturated carbocycles. The van der Waals surface area contributed by atoms with E-state index in [9.17, 15) is 19.5 Å². The molecular weight excluding hydrogens is 412 g/mol. The van der Waals surface area contributed by atoms with Crippen molar-refractivity contribution in [1.29, 1.82) is 0 Å². The SMILES string of the molecule is CCOC(=O)C(CCc1ccccc1)N[C@@H](C)C(=O)N1CC2(CCCO2)CC[C@H]1C(=O)O. The molecule has 0 radical (unpaired) electrons. The van der Waals surface area contributed by atoms with Crippen LogP contribution < -0.4 is 5.32 Å². The first kappa shape index (κ1) is 24.2. The molecule has 8 nitrogen and oxygen atoms in total. The minimum Gasteiger partial charge on any atom is -0.480 e. The lowest BCUT2D eigenvalue weighted by Gasteiger charge is -2.44. The van der Waals surface area contributed by atoms with Crippen molar-refractivity contribution in [2.24, 2.45) is 0 Å². The molecule has 32 heavy (non-hydrogen) atoms. The van der Waals surface area contributed by atoms with Crippen LogP contribution in [0.1, 0.15) is 51.5 Å². The van der Waals surface area contributed by atoms with E-state index >= 15 is 0 Å². The third kappa shape index (κ3) is 5.86. The van der Waals surface area contributed by atoms with Crippen LogP contribution in [0.4, 0.5) is 0 Å². The zero-order chi connectivity index (χ0) is 23.1. The third-order valence-electron chi connectivity index (χ3n) is 6.42. The Kier molecular flexibility index (Phi) is 8.26. The van der Waals surface area contributed by atoms with Gasteiger partial charge in [0.1, 0.15) is 12.1 Å². The van der Waals surface area contributed by atoms with Gasteiger partial charge in [-0.25, -0.2) is 4.79 Å². The van der Waals surface area contributed by atoms with E-state index < -0.39 is 35.7 Å². The number of carboxylic acid groups (broad SMARTS) is 1. The molecule has 2 aliphatic rings. The number of nitrogens with one attached hydrogen (secondary N) is 1. The Hall–Kier alpha value is -2.45. The van der Waals surface area contributed by atoms with Crippen molar-refractivity contribution >= 4 is 17.8 Å². The summed E-state index contributed by atoms with van der Waals surface area (Å²) in [5, 5.41) is 12.8. The van der Waals surface area contributed by atoms with Gasteiger partial charge in [0, 0.05) is 6.61 Å². The van der Waals surface area contributed by atoms with Crippen LogP contribution in [0.2, 0.25) is 0 Å². The lowest BCUT2D eigenvalue weighted by Crippen LogP contribution is -2.61. The first-order valence-electron chi connectivity index (χ1n) is 11.5. The van der Waals surface area contributed by atoms with Gasteiger partial charge in [-0.1, -0.05) is 30.3 Å². The number of aliphatic carboxylic acids is 1. The van der Waals surface area contributed by atoms with Crippen molar-refractivity contribution in [2.75, 3.05) is 19.8 Å². The number of rotatable bonds is 9. The van der Waals surface area contributed by atoms with Crippen molar-refractivity contribution in [3.8, 4) is 0 Å². The number of piperidine rings is 1. The van der Waals surface area contributed by atoms with Crippen molar-refractivity contribution in [3.63, 3.8) is 0 Å². The average molecular weight is 447 g/mol. The highest BCUT2D eigenvalue weighted by molar-refractivity contribution is 5.88. The molecular formula is C24H34N2O6. The van der Waals surface area contributed by atoms with Crippen LogP contribution in [0.15, 0.2) is 30.3 Å². The van der Waals surface area contributed by atoms with Crippen LogP contribution >= 0.6 is 0 Å². The van der Waals surface area contributed by atoms with E-state index in [0.717, 1.165) is 18.4 Å². The predicted molar refractivity (Wildman–Crippen MR) is 118 cm³/mol. The van der Waals surface area contributed by atoms with Gasteiger partial charge in [-0.15, -0.1) is 0 Å². The fourth-order valence-corrected chi connectivity index (χ4v) is 4.71. The van der Waals surface area contributed by atoms with Gasteiger partial charge < -0.3 is 19.5 Å². The summed E-state index contributed by atoms with van der Waals surface area (Å²) in [7, 11) is 0. The number of aryl methyl sites for hydroxylation is 1. The van der Waals surface area contributed by atoms with Gasteiger partial charge in [-0.05, 0) is 57.9 Å². The van der Waals surface area contributed by atoms with Gasteiger partial charge in [-0.3, -0.25) is 14.9 Å². The van der Waals surface area contributed by atoms with Gasteiger partial charge in [0.05, 0.1) is 24.8 Å². The molecule has 2 aliphatic heterocycles. The van der Waals surface area contributed by atoms with Crippen LogP contribution in [0.5, 0.6) is 0 Å². The molecule has 0 aliphatic carbocycles. The average Bonchev–Trinajstić information content (AvgIpc) is 3.24. The van der Waals surface area contributed by atoms with Crippen LogP contribution in [0, 0.1) is 0 Å². The summed E-state index contributed by atoms with van der Waals surface area (Å²) < 4.78 is 11.1. The van der Waals surface area contributed by atoms with Crippen LogP contribution in [0.3, 0.4) is 0 Å². The van der Waals surface area contributed by atoms with E-state index in [0.29, 0.717) is 32.3 Å². The summed E-state index contributed by atoms with van der Waals surface area (Å²) in [5.41, 5.74) is 0.639. The van der Waals surface area contributed by atoms with E-state index in [2.05, 4.69) is 5.32 Å². The second kappa shape index (κ2) is 10.9. The second-order valence-electron chi connectivity index (χ2n) is 8.71. The Morgan fingerprint density at radius 3 is 2.66 bits per heavy atom. The number of carbonyl (C=O) groups is 3. The lowest BCUT2D eigenvalue weighted by atomic mass is 9.86. The summed E-state index contributed by atoms with van der Waals surface area (Å²) in [6, 6.07) is 7.51. The van der Waals surface area contributed by atoms with Crippen molar-refractivity contribution in [3.05, 3.63) is 35.9 Å². The molecule has 2 saturated heterocycles. The molecule has 1 aromatic rings. The molecule has 2 fully saturated rings. The van der Waals surface area contributed by atoms with Crippen LogP contribution in [-0.4, -0.2) is 71.3 Å². The van der Waals surface area contributed by atoms with Crippen LogP contribution in [0.25, 0.3) is 0 Å². The van der Waals surface area contributed by atoms with E-state index in [1.165, 1.54) is 4.90 Å². The number of hydrogen-bond acceptors (Lipinski definition) is 6. The largest absolute Gasteiger partial charge is 0.480 e. The number of hydrogen-bond donors (Lipinski definition) is 2. The first-order chi connectivity index (χ1) is 15.3. The Labute approximate surface area is 189 Å². The maximum Gasteiger partial charge on any atom is 0.326 e. The van der Waals surface area contributed by atoms with E-state index in [4.69, 9.17) is 9.47 Å². The van der Waals surface area contributed by atoms with Crippen molar-refractivity contribution in [2.45, 2.75) is 76.1 Å². The highest BCUT2D eigenvalue weighted by Crippen LogP contribution is 2.37. The predicted octanol–water partition coefficient (Wildman–Crippen LogP) is 2.15. The Morgan fingerprint density at radius 1 is 1.28 bits per heavy atom. The molecule has 1 aromatic carbocycles. The quantitative estimate of drug-likeness (QED) is 0.560. The molecule has 4 atom stereocenters. The Morgan fingerprint density at radius 2 is 2.03 bits per heavy atom. The number of amides is 1. The smallest absolute Gasteiger partial charge is 0.326 e. The summed E-state index contributed by atoms with van der Waals surface area (Å²) in [4.78, 5) is 39.2. The number of ether oxygens (including phenoxy) is 2. The highest BCUT2D eigenvalue weighted by Gasteiger charge is 2.47. The Balaban J connectivity index is 1.69. The number of nitrogens with zero attached hydrogens (tertiary/aromatic N) is 1. The van der Waals surface area contributed by atoms with E-state index in [1.54, 1.807) is 13.8 Å². The fraction of sp³-hybridized carbons (Fsp3) is 0.625. The summed E-state index contributed by atoms with van der Waals surface area (Å²) in [6.07, 6.45) is 3.86. The molecule has 0 aromatic heterocycles. The normalized spacial score (nSPS) is 24.8. The van der Waals surface area contributed by atoms with E-state index in [1.807, 2.05) is 30.3 Å². The monoisotopic (exact) mass is 446 g/mol. The third-order valence-corrected chi connectivity index (χ3v) is 6.42. The maximum absolute atomic E-state index is 13.3. The van der Waals surface area contributed by atoms with Gasteiger partial charge >= 0.3 is 11.9 Å². The molecule has 2 N–H and O–H groups in total. The summed E-state index contributed by atoms with van der Waals surface area (Å²) in [5.74, 6) is -1.75. The molecule has 2 heterocycles. The number of likely N-dealkylation sites (tertiary alicyclic amines) is 1. The topological polar surface area (TPSA) is 105 Å². The zero-order valence-electron chi connectivity index (χ0n) is 18.9. The van der Waals surface area contributed by atoms with Gasteiger partial charge in [-0.2, -0.15) is 0 Å². The minimum atomic E-state index is -1.01. The summed E-state index contributed by atoms with van der Waals surface area (Å²) in [6.45, 7) is 4.57. The number of carboxylic acids is 1. The molecule has 1 spiro atoms. The minimum absolute atomic E-state index is 0.248. The van der Waals surface area contributed by atoms with Gasteiger partial charge in [0.25, 0.3) is 0 Å². The highest BCUT2D eigenvalue weighted by atomic mass is 16.5.